The Labute approximate surface area is 230 Å². The normalized spacial score (nSPS) is 50.9. The summed E-state index contributed by atoms with van der Waals surface area (Å²) in [5.74, 6) is 0.698. The summed E-state index contributed by atoms with van der Waals surface area (Å²) in [5, 5.41) is 42.8. The van der Waals surface area contributed by atoms with Gasteiger partial charge in [0.25, 0.3) is 0 Å². The van der Waals surface area contributed by atoms with Crippen LogP contribution in [0.3, 0.4) is 0 Å². The van der Waals surface area contributed by atoms with E-state index in [1.807, 2.05) is 6.92 Å². The maximum atomic E-state index is 11.5. The third-order valence-electron chi connectivity index (χ3n) is 11.6. The van der Waals surface area contributed by atoms with Gasteiger partial charge in [-0.2, -0.15) is 0 Å². The zero-order chi connectivity index (χ0) is 28.5. The lowest BCUT2D eigenvalue weighted by molar-refractivity contribution is -0.353. The second-order valence-electron chi connectivity index (χ2n) is 13.4. The van der Waals surface area contributed by atoms with Crippen molar-refractivity contribution in [2.45, 2.75) is 121 Å². The van der Waals surface area contributed by atoms with E-state index in [9.17, 15) is 38.2 Å². The van der Waals surface area contributed by atoms with Gasteiger partial charge < -0.3 is 39.2 Å². The van der Waals surface area contributed by atoms with E-state index in [1.54, 1.807) is 0 Å². The van der Waals surface area contributed by atoms with Gasteiger partial charge >= 0.3 is 0 Å². The molecule has 4 aliphatic carbocycles. The van der Waals surface area contributed by atoms with E-state index in [2.05, 4.69) is 18.0 Å². The number of fused-ring (bicyclic) bond motifs is 5. The highest BCUT2D eigenvalue weighted by Gasteiger charge is 2.61. The quantitative estimate of drug-likeness (QED) is 0.227. The highest BCUT2D eigenvalue weighted by molar-refractivity contribution is 7.80. The molecule has 1 saturated heterocycles. The van der Waals surface area contributed by atoms with Gasteiger partial charge in [-0.05, 0) is 105 Å². The summed E-state index contributed by atoms with van der Waals surface area (Å²) in [4.78, 5) is 11.5. The third kappa shape index (κ3) is 5.17. The number of aliphatic hydroxyl groups is 3. The molecule has 5 rings (SSSR count). The van der Waals surface area contributed by atoms with Crippen molar-refractivity contribution in [2.75, 3.05) is 0 Å². The second kappa shape index (κ2) is 10.4. The van der Waals surface area contributed by atoms with Crippen LogP contribution in [0.1, 0.15) is 78.6 Å². The Balaban J connectivity index is 1.27. The van der Waals surface area contributed by atoms with Crippen LogP contribution in [-0.2, 0) is 28.9 Å². The van der Waals surface area contributed by atoms with Crippen LogP contribution in [0, 0.1) is 40.4 Å². The van der Waals surface area contributed by atoms with Crippen LogP contribution in [0.5, 0.6) is 0 Å². The molecular formula is C27H42O11S-2. The lowest BCUT2D eigenvalue weighted by Gasteiger charge is -2.61. The van der Waals surface area contributed by atoms with Gasteiger partial charge in [-0.1, -0.05) is 13.8 Å². The number of carbonyl (C=O) groups excluding carboxylic acids is 1. The molecule has 0 amide bonds. The summed E-state index contributed by atoms with van der Waals surface area (Å²) >= 11 is 0. The molecule has 1 heterocycles. The molecule has 0 aromatic carbocycles. The maximum Gasteiger partial charge on any atom is 0.218 e. The van der Waals surface area contributed by atoms with Gasteiger partial charge in [-0.3, -0.25) is 4.18 Å². The minimum Gasteiger partial charge on any atom is -0.726 e. The topological polar surface area (TPSA) is 186 Å². The predicted octanol–water partition coefficient (Wildman–Crippen LogP) is 0.453. The SMILES string of the molecule is C[C@H](O)[C@H]1CC[C@H]2[C@@H]3CC[C@@H]4C[C@H](O[C@@H]5O[C@H](C(=O)[O-])[C@@H](O)[C@H](OS(=O)(=O)[O-])[C@H]5O)CC[C@]4(C)[C@H]3CC[C@]12C. The van der Waals surface area contributed by atoms with Gasteiger partial charge in [0.15, 0.2) is 6.29 Å². The van der Waals surface area contributed by atoms with E-state index in [1.165, 1.54) is 6.42 Å². The van der Waals surface area contributed by atoms with Crippen LogP contribution in [0.4, 0.5) is 0 Å². The fraction of sp³-hybridized carbons (Fsp3) is 0.963. The van der Waals surface area contributed by atoms with Crippen LogP contribution in [0.15, 0.2) is 0 Å². The average molecular weight is 575 g/mol. The van der Waals surface area contributed by atoms with Crippen LogP contribution in [-0.4, -0.2) is 77.2 Å². The van der Waals surface area contributed by atoms with E-state index in [-0.39, 0.29) is 23.0 Å². The van der Waals surface area contributed by atoms with Crippen molar-refractivity contribution in [1.29, 1.82) is 0 Å². The highest BCUT2D eigenvalue weighted by Crippen LogP contribution is 2.67. The fourth-order valence-corrected chi connectivity index (χ4v) is 10.3. The molecular weight excluding hydrogens is 532 g/mol. The molecule has 0 aromatic rings. The van der Waals surface area contributed by atoms with Crippen molar-refractivity contribution in [3.8, 4) is 0 Å². The molecule has 0 spiro atoms. The van der Waals surface area contributed by atoms with Gasteiger partial charge in [-0.25, -0.2) is 8.42 Å². The Bertz CT molecular complexity index is 1030. The Hall–Kier alpha value is -0.860. The number of carboxylic acids is 1. The molecule has 5 aliphatic rings. The second-order valence-corrected chi connectivity index (χ2v) is 14.4. The van der Waals surface area contributed by atoms with E-state index >= 15 is 0 Å². The molecule has 5 fully saturated rings. The van der Waals surface area contributed by atoms with Crippen LogP contribution >= 0.6 is 0 Å². The molecule has 3 N–H and O–H groups in total. The number of ether oxygens (including phenoxy) is 2. The van der Waals surface area contributed by atoms with Crippen molar-refractivity contribution in [1.82, 2.24) is 0 Å². The number of carboxylic acid groups (broad SMARTS) is 1. The average Bonchev–Trinajstić information content (AvgIpc) is 3.20. The molecule has 39 heavy (non-hydrogen) atoms. The van der Waals surface area contributed by atoms with Crippen molar-refractivity contribution in [3.05, 3.63) is 0 Å². The number of rotatable bonds is 6. The summed E-state index contributed by atoms with van der Waals surface area (Å²) in [5.41, 5.74) is 0.300. The van der Waals surface area contributed by atoms with E-state index in [0.29, 0.717) is 42.4 Å². The molecule has 0 radical (unpaired) electrons. The number of hydrogen-bond donors (Lipinski definition) is 3. The first-order chi connectivity index (χ1) is 18.2. The molecule has 0 unspecified atom stereocenters. The van der Waals surface area contributed by atoms with Crippen LogP contribution in [0.25, 0.3) is 0 Å². The molecule has 11 nitrogen and oxygen atoms in total. The molecule has 224 valence electrons. The van der Waals surface area contributed by atoms with E-state index in [4.69, 9.17) is 9.47 Å². The number of aliphatic hydroxyl groups excluding tert-OH is 3. The fourth-order valence-electron chi connectivity index (χ4n) is 9.76. The lowest BCUT2D eigenvalue weighted by Crippen LogP contribution is -2.64. The van der Waals surface area contributed by atoms with Crippen molar-refractivity contribution < 1.29 is 51.8 Å². The van der Waals surface area contributed by atoms with Gasteiger partial charge in [0.05, 0.1) is 18.2 Å². The molecule has 4 saturated carbocycles. The van der Waals surface area contributed by atoms with Crippen LogP contribution in [0.2, 0.25) is 0 Å². The first-order valence-corrected chi connectivity index (χ1v) is 15.7. The van der Waals surface area contributed by atoms with Crippen molar-refractivity contribution in [3.63, 3.8) is 0 Å². The Morgan fingerprint density at radius 1 is 1.00 bits per heavy atom. The summed E-state index contributed by atoms with van der Waals surface area (Å²) < 4.78 is 49.0. The zero-order valence-corrected chi connectivity index (χ0v) is 23.6. The van der Waals surface area contributed by atoms with Gasteiger partial charge in [0.1, 0.15) is 24.4 Å². The van der Waals surface area contributed by atoms with Crippen LogP contribution < -0.4 is 5.11 Å². The summed E-state index contributed by atoms with van der Waals surface area (Å²) in [6, 6.07) is 0. The zero-order valence-electron chi connectivity index (χ0n) is 22.8. The third-order valence-corrected chi connectivity index (χ3v) is 12.1. The lowest BCUT2D eigenvalue weighted by atomic mass is 9.44. The molecule has 12 heteroatoms. The Kier molecular flexibility index (Phi) is 7.94. The van der Waals surface area contributed by atoms with E-state index < -0.39 is 47.1 Å². The first-order valence-electron chi connectivity index (χ1n) is 14.4. The molecule has 14 atom stereocenters. The van der Waals surface area contributed by atoms with Crippen molar-refractivity contribution >= 4 is 16.4 Å². The summed E-state index contributed by atoms with van der Waals surface area (Å²) in [6.45, 7) is 6.70. The minimum atomic E-state index is -5.36. The smallest absolute Gasteiger partial charge is 0.218 e. The monoisotopic (exact) mass is 574 g/mol. The molecule has 1 aliphatic heterocycles. The van der Waals surface area contributed by atoms with Crippen molar-refractivity contribution in [2.24, 2.45) is 40.4 Å². The maximum absolute atomic E-state index is 11.5. The van der Waals surface area contributed by atoms with Gasteiger partial charge in [0, 0.05) is 0 Å². The number of hydrogen-bond acceptors (Lipinski definition) is 11. The summed E-state index contributed by atoms with van der Waals surface area (Å²) in [6.07, 6.45) is -1.57. The highest BCUT2D eigenvalue weighted by atomic mass is 32.3. The standard InChI is InChI=1S/C27H44O11S/c1-13(28)17-6-7-18-16-5-4-14-12-15(8-10-26(14,2)19(16)9-11-27(17,18)3)36-25-21(30)22(38-39(33,34)35)20(29)23(37-25)24(31)32/h13-23,25,28-30H,4-12H2,1-3H3,(H,31,32)(H,33,34,35)/p-2/t13-,14+,15+,16-,17+,18-,19-,20-,21+,22-,23-,25+,26-,27+/m0/s1. The van der Waals surface area contributed by atoms with E-state index in [0.717, 1.165) is 38.5 Å². The summed E-state index contributed by atoms with van der Waals surface area (Å²) in [7, 11) is -5.36. The minimum absolute atomic E-state index is 0.116. The Morgan fingerprint density at radius 3 is 2.31 bits per heavy atom. The Morgan fingerprint density at radius 2 is 1.67 bits per heavy atom. The predicted molar refractivity (Wildman–Crippen MR) is 132 cm³/mol. The van der Waals surface area contributed by atoms with Gasteiger partial charge in [-0.15, -0.1) is 0 Å². The number of aliphatic carboxylic acids is 1. The van der Waals surface area contributed by atoms with Gasteiger partial charge in [0.2, 0.25) is 10.4 Å². The molecule has 0 aromatic heterocycles. The first kappa shape index (κ1) is 29.6. The molecule has 0 bridgehead atoms. The number of carbonyl (C=O) groups is 1. The largest absolute Gasteiger partial charge is 0.726 e.